The highest BCUT2D eigenvalue weighted by Crippen LogP contribution is 2.20. The van der Waals surface area contributed by atoms with Gasteiger partial charge in [0, 0.05) is 31.2 Å². The Morgan fingerprint density at radius 1 is 1.33 bits per heavy atom. The highest BCUT2D eigenvalue weighted by atomic mass is 15.3. The van der Waals surface area contributed by atoms with Crippen LogP contribution in [0.1, 0.15) is 47.5 Å². The monoisotopic (exact) mass is 212 g/mol. The zero-order valence-electron chi connectivity index (χ0n) is 11.1. The van der Waals surface area contributed by atoms with Crippen molar-refractivity contribution in [2.75, 3.05) is 13.1 Å². The molecule has 1 heterocycles. The lowest BCUT2D eigenvalue weighted by molar-refractivity contribution is 0.0622. The Bertz CT molecular complexity index is 179. The zero-order valence-corrected chi connectivity index (χ0v) is 11.1. The van der Waals surface area contributed by atoms with E-state index in [1.807, 2.05) is 0 Å². The van der Waals surface area contributed by atoms with E-state index in [4.69, 9.17) is 0 Å². The molecule has 15 heavy (non-hydrogen) atoms. The molecule has 90 valence electrons. The van der Waals surface area contributed by atoms with Crippen LogP contribution in [0.25, 0.3) is 0 Å². The largest absolute Gasteiger partial charge is 0.311 e. The van der Waals surface area contributed by atoms with Crippen molar-refractivity contribution in [2.24, 2.45) is 5.92 Å². The maximum Gasteiger partial charge on any atom is 0.0247 e. The molecule has 0 amide bonds. The minimum absolute atomic E-state index is 0.652. The van der Waals surface area contributed by atoms with Gasteiger partial charge in [-0.2, -0.15) is 0 Å². The summed E-state index contributed by atoms with van der Waals surface area (Å²) in [6.45, 7) is 14.0. The van der Waals surface area contributed by atoms with E-state index < -0.39 is 0 Å². The van der Waals surface area contributed by atoms with Crippen molar-refractivity contribution in [1.82, 2.24) is 10.2 Å². The molecule has 1 fully saturated rings. The van der Waals surface area contributed by atoms with Crippen molar-refractivity contribution in [1.29, 1.82) is 0 Å². The molecule has 3 unspecified atom stereocenters. The van der Waals surface area contributed by atoms with Crippen LogP contribution in [0, 0.1) is 5.92 Å². The van der Waals surface area contributed by atoms with Crippen LogP contribution in [0.5, 0.6) is 0 Å². The molecule has 1 aliphatic rings. The summed E-state index contributed by atoms with van der Waals surface area (Å²) in [6.07, 6.45) is 2.63. The molecule has 2 heteroatoms. The number of hydrogen-bond donors (Lipinski definition) is 1. The van der Waals surface area contributed by atoms with Crippen LogP contribution in [-0.2, 0) is 0 Å². The Hall–Kier alpha value is -0.0800. The molecular weight excluding hydrogens is 184 g/mol. The summed E-state index contributed by atoms with van der Waals surface area (Å²) in [5, 5.41) is 3.60. The molecule has 1 saturated heterocycles. The number of nitrogens with zero attached hydrogens (tertiary/aromatic N) is 1. The van der Waals surface area contributed by atoms with Gasteiger partial charge in [-0.15, -0.1) is 0 Å². The molecule has 0 aromatic heterocycles. The second kappa shape index (κ2) is 5.86. The van der Waals surface area contributed by atoms with Gasteiger partial charge in [0.05, 0.1) is 0 Å². The van der Waals surface area contributed by atoms with Gasteiger partial charge in [-0.1, -0.05) is 27.2 Å². The molecular formula is C13H28N2. The van der Waals surface area contributed by atoms with Crippen LogP contribution in [0.2, 0.25) is 0 Å². The standard InChI is InChI=1S/C13H28N2/c1-6-7-12(5)15-9-11(4)14-8-13(15)10(2)3/h10-14H,6-9H2,1-5H3. The van der Waals surface area contributed by atoms with Crippen LogP contribution in [0.4, 0.5) is 0 Å². The molecule has 1 aliphatic heterocycles. The maximum atomic E-state index is 3.60. The van der Waals surface area contributed by atoms with E-state index in [1.54, 1.807) is 0 Å². The van der Waals surface area contributed by atoms with E-state index in [0.717, 1.165) is 24.5 Å². The molecule has 1 N–H and O–H groups in total. The number of piperazine rings is 1. The third-order valence-corrected chi connectivity index (χ3v) is 3.63. The number of nitrogens with one attached hydrogen (secondary N) is 1. The Balaban J connectivity index is 2.61. The summed E-state index contributed by atoms with van der Waals surface area (Å²) in [5.41, 5.74) is 0. The van der Waals surface area contributed by atoms with E-state index >= 15 is 0 Å². The molecule has 0 bridgehead atoms. The first kappa shape index (κ1) is 13.0. The third kappa shape index (κ3) is 3.46. The van der Waals surface area contributed by atoms with E-state index in [2.05, 4.69) is 44.8 Å². The van der Waals surface area contributed by atoms with Crippen molar-refractivity contribution < 1.29 is 0 Å². The molecule has 2 nitrogen and oxygen atoms in total. The first-order valence-electron chi connectivity index (χ1n) is 6.55. The van der Waals surface area contributed by atoms with Gasteiger partial charge >= 0.3 is 0 Å². The topological polar surface area (TPSA) is 15.3 Å². The average molecular weight is 212 g/mol. The first-order chi connectivity index (χ1) is 7.06. The van der Waals surface area contributed by atoms with E-state index in [9.17, 15) is 0 Å². The summed E-state index contributed by atoms with van der Waals surface area (Å²) < 4.78 is 0. The first-order valence-corrected chi connectivity index (χ1v) is 6.55. The van der Waals surface area contributed by atoms with Crippen LogP contribution in [-0.4, -0.2) is 36.1 Å². The molecule has 0 saturated carbocycles. The molecule has 0 radical (unpaired) electrons. The molecule has 0 spiro atoms. The van der Waals surface area contributed by atoms with Gasteiger partial charge in [0.25, 0.3) is 0 Å². The molecule has 0 aromatic rings. The van der Waals surface area contributed by atoms with Gasteiger partial charge in [-0.05, 0) is 26.2 Å². The fourth-order valence-electron chi connectivity index (χ4n) is 2.66. The quantitative estimate of drug-likeness (QED) is 0.770. The summed E-state index contributed by atoms with van der Waals surface area (Å²) in [6, 6.07) is 2.12. The van der Waals surface area contributed by atoms with Gasteiger partial charge in [-0.3, -0.25) is 4.90 Å². The number of hydrogen-bond acceptors (Lipinski definition) is 2. The summed E-state index contributed by atoms with van der Waals surface area (Å²) in [5.74, 6) is 0.754. The second-order valence-corrected chi connectivity index (χ2v) is 5.46. The van der Waals surface area contributed by atoms with Crippen molar-refractivity contribution in [3.05, 3.63) is 0 Å². The van der Waals surface area contributed by atoms with Gasteiger partial charge in [0.2, 0.25) is 0 Å². The predicted molar refractivity (Wildman–Crippen MR) is 67.2 cm³/mol. The molecule has 3 atom stereocenters. The smallest absolute Gasteiger partial charge is 0.0247 e. The van der Waals surface area contributed by atoms with Gasteiger partial charge in [0.1, 0.15) is 0 Å². The Kier molecular flexibility index (Phi) is 5.07. The predicted octanol–water partition coefficient (Wildman–Crippen LogP) is 2.49. The van der Waals surface area contributed by atoms with Crippen LogP contribution < -0.4 is 5.32 Å². The lowest BCUT2D eigenvalue weighted by Gasteiger charge is -2.44. The van der Waals surface area contributed by atoms with E-state index in [0.29, 0.717) is 6.04 Å². The fraction of sp³-hybridized carbons (Fsp3) is 1.00. The van der Waals surface area contributed by atoms with Gasteiger partial charge < -0.3 is 5.32 Å². The van der Waals surface area contributed by atoms with Crippen LogP contribution in [0.3, 0.4) is 0 Å². The van der Waals surface area contributed by atoms with Crippen molar-refractivity contribution in [2.45, 2.75) is 65.6 Å². The normalized spacial score (nSPS) is 30.8. The fourth-order valence-corrected chi connectivity index (χ4v) is 2.66. The summed E-state index contributed by atoms with van der Waals surface area (Å²) in [4.78, 5) is 2.72. The van der Waals surface area contributed by atoms with Crippen LogP contribution >= 0.6 is 0 Å². The van der Waals surface area contributed by atoms with Crippen molar-refractivity contribution in [3.8, 4) is 0 Å². The molecule has 1 rings (SSSR count). The average Bonchev–Trinajstić information content (AvgIpc) is 2.17. The lowest BCUT2D eigenvalue weighted by atomic mass is 9.96. The number of rotatable bonds is 4. The van der Waals surface area contributed by atoms with E-state index in [-0.39, 0.29) is 0 Å². The minimum atomic E-state index is 0.652. The zero-order chi connectivity index (χ0) is 11.4. The SMILES string of the molecule is CCCC(C)N1CC(C)NCC1C(C)C. The van der Waals surface area contributed by atoms with Crippen molar-refractivity contribution in [3.63, 3.8) is 0 Å². The molecule has 0 aliphatic carbocycles. The summed E-state index contributed by atoms with van der Waals surface area (Å²) >= 11 is 0. The maximum absolute atomic E-state index is 3.60. The van der Waals surface area contributed by atoms with Gasteiger partial charge in [0.15, 0.2) is 0 Å². The lowest BCUT2D eigenvalue weighted by Crippen LogP contribution is -2.59. The third-order valence-electron chi connectivity index (χ3n) is 3.63. The Morgan fingerprint density at radius 2 is 2.00 bits per heavy atom. The van der Waals surface area contributed by atoms with Crippen LogP contribution in [0.15, 0.2) is 0 Å². The van der Waals surface area contributed by atoms with E-state index in [1.165, 1.54) is 19.4 Å². The van der Waals surface area contributed by atoms with Crippen molar-refractivity contribution >= 4 is 0 Å². The molecule has 0 aromatic carbocycles. The second-order valence-electron chi connectivity index (χ2n) is 5.46. The highest BCUT2D eigenvalue weighted by Gasteiger charge is 2.30. The van der Waals surface area contributed by atoms with Gasteiger partial charge in [-0.25, -0.2) is 0 Å². The summed E-state index contributed by atoms with van der Waals surface area (Å²) in [7, 11) is 0. The Labute approximate surface area is 95.4 Å². The highest BCUT2D eigenvalue weighted by molar-refractivity contribution is 4.88. The Morgan fingerprint density at radius 3 is 2.53 bits per heavy atom. The minimum Gasteiger partial charge on any atom is -0.311 e.